The van der Waals surface area contributed by atoms with E-state index in [-0.39, 0.29) is 12.1 Å². The fourth-order valence-corrected chi connectivity index (χ4v) is 3.15. The maximum Gasteiger partial charge on any atom is 0.318 e. The monoisotopic (exact) mass is 359 g/mol. The number of piperazine rings is 1. The lowest BCUT2D eigenvalue weighted by Gasteiger charge is -2.35. The van der Waals surface area contributed by atoms with Crippen molar-refractivity contribution < 1.29 is 4.79 Å². The average molecular weight is 360 g/mol. The summed E-state index contributed by atoms with van der Waals surface area (Å²) in [5.41, 5.74) is 1.03. The normalized spacial score (nSPS) is 15.8. The predicted molar refractivity (Wildman–Crippen MR) is 98.8 cm³/mol. The average Bonchev–Trinajstić information content (AvgIpc) is 2.66. The third-order valence-corrected chi connectivity index (χ3v) is 4.59. The van der Waals surface area contributed by atoms with Gasteiger partial charge in [0.1, 0.15) is 0 Å². The van der Waals surface area contributed by atoms with Crippen molar-refractivity contribution in [2.24, 2.45) is 0 Å². The van der Waals surface area contributed by atoms with Crippen LogP contribution in [0.25, 0.3) is 0 Å². The first-order valence-electron chi connectivity index (χ1n) is 8.50. The van der Waals surface area contributed by atoms with Crippen LogP contribution in [0.4, 0.5) is 10.7 Å². The Labute approximate surface area is 152 Å². The van der Waals surface area contributed by atoms with Gasteiger partial charge in [-0.15, -0.1) is 0 Å². The highest BCUT2D eigenvalue weighted by molar-refractivity contribution is 6.30. The van der Waals surface area contributed by atoms with Gasteiger partial charge in [-0.25, -0.2) is 14.8 Å². The van der Waals surface area contributed by atoms with E-state index < -0.39 is 0 Å². The molecule has 0 spiro atoms. The Morgan fingerprint density at radius 2 is 1.92 bits per heavy atom. The van der Waals surface area contributed by atoms with E-state index in [4.69, 9.17) is 11.6 Å². The van der Waals surface area contributed by atoms with E-state index in [9.17, 15) is 4.79 Å². The van der Waals surface area contributed by atoms with Crippen molar-refractivity contribution in [2.45, 2.75) is 19.4 Å². The number of rotatable bonds is 4. The van der Waals surface area contributed by atoms with E-state index in [1.165, 1.54) is 0 Å². The number of aromatic nitrogens is 2. The molecule has 0 radical (unpaired) electrons. The third-order valence-electron chi connectivity index (χ3n) is 4.36. The lowest BCUT2D eigenvalue weighted by atomic mass is 10.0. The molecule has 1 N–H and O–H groups in total. The summed E-state index contributed by atoms with van der Waals surface area (Å²) >= 11 is 6.06. The Bertz CT molecular complexity index is 704. The molecule has 1 aromatic carbocycles. The molecular formula is C18H22ClN5O. The van der Waals surface area contributed by atoms with Gasteiger partial charge in [-0.2, -0.15) is 0 Å². The number of hydrogen-bond acceptors (Lipinski definition) is 4. The van der Waals surface area contributed by atoms with Crippen molar-refractivity contribution in [3.63, 3.8) is 0 Å². The summed E-state index contributed by atoms with van der Waals surface area (Å²) in [6, 6.07) is 9.36. The molecule has 1 atom stereocenters. The molecule has 0 saturated carbocycles. The minimum absolute atomic E-state index is 0.0401. The second kappa shape index (κ2) is 8.16. The molecule has 0 aliphatic carbocycles. The van der Waals surface area contributed by atoms with Crippen molar-refractivity contribution in [2.75, 3.05) is 31.1 Å². The summed E-state index contributed by atoms with van der Waals surface area (Å²) in [6.07, 6.45) is 4.28. The van der Waals surface area contributed by atoms with Crippen LogP contribution in [0.3, 0.4) is 0 Å². The zero-order valence-corrected chi connectivity index (χ0v) is 15.0. The maximum atomic E-state index is 12.6. The standard InChI is InChI=1S/C18H22ClN5O/c1-2-16(14-5-3-6-15(19)13-14)22-18(25)24-11-9-23(10-12-24)17-20-7-4-8-21-17/h3-8,13,16H,2,9-12H2,1H3,(H,22,25)/t16-/m1/s1. The predicted octanol–water partition coefficient (Wildman–Crippen LogP) is 3.11. The first-order valence-corrected chi connectivity index (χ1v) is 8.88. The molecule has 1 aliphatic rings. The van der Waals surface area contributed by atoms with E-state index in [1.54, 1.807) is 18.5 Å². The number of nitrogens with zero attached hydrogens (tertiary/aromatic N) is 4. The summed E-state index contributed by atoms with van der Waals surface area (Å²) in [7, 11) is 0. The van der Waals surface area contributed by atoms with Gasteiger partial charge in [0.15, 0.2) is 0 Å². The molecule has 3 rings (SSSR count). The number of halogens is 1. The highest BCUT2D eigenvalue weighted by atomic mass is 35.5. The van der Waals surface area contributed by atoms with Crippen molar-refractivity contribution in [3.8, 4) is 0 Å². The van der Waals surface area contributed by atoms with Crippen LogP contribution in [0.15, 0.2) is 42.7 Å². The molecule has 0 unspecified atom stereocenters. The van der Waals surface area contributed by atoms with Crippen LogP contribution in [-0.2, 0) is 0 Å². The van der Waals surface area contributed by atoms with E-state index >= 15 is 0 Å². The fraction of sp³-hybridized carbons (Fsp3) is 0.389. The van der Waals surface area contributed by atoms with Crippen LogP contribution in [-0.4, -0.2) is 47.1 Å². The largest absolute Gasteiger partial charge is 0.337 e. The van der Waals surface area contributed by atoms with Crippen LogP contribution in [0.2, 0.25) is 5.02 Å². The summed E-state index contributed by atoms with van der Waals surface area (Å²) in [4.78, 5) is 25.1. The number of benzene rings is 1. The number of carbonyl (C=O) groups is 1. The van der Waals surface area contributed by atoms with Crippen molar-refractivity contribution in [1.29, 1.82) is 0 Å². The zero-order chi connectivity index (χ0) is 17.6. The number of amides is 2. The summed E-state index contributed by atoms with van der Waals surface area (Å²) in [5, 5.41) is 3.80. The SMILES string of the molecule is CC[C@@H](NC(=O)N1CCN(c2ncccn2)CC1)c1cccc(Cl)c1. The molecule has 2 aromatic rings. The highest BCUT2D eigenvalue weighted by Gasteiger charge is 2.24. The van der Waals surface area contributed by atoms with Gasteiger partial charge in [-0.05, 0) is 30.2 Å². The lowest BCUT2D eigenvalue weighted by molar-refractivity contribution is 0.189. The minimum atomic E-state index is -0.0412. The van der Waals surface area contributed by atoms with Gasteiger partial charge >= 0.3 is 6.03 Å². The Balaban J connectivity index is 1.57. The minimum Gasteiger partial charge on any atom is -0.337 e. The highest BCUT2D eigenvalue weighted by Crippen LogP contribution is 2.21. The molecule has 132 valence electrons. The lowest BCUT2D eigenvalue weighted by Crippen LogP contribution is -2.52. The third kappa shape index (κ3) is 4.39. The molecule has 1 aliphatic heterocycles. The molecular weight excluding hydrogens is 338 g/mol. The van der Waals surface area contributed by atoms with E-state index in [1.807, 2.05) is 29.2 Å². The second-order valence-electron chi connectivity index (χ2n) is 5.99. The van der Waals surface area contributed by atoms with Gasteiger partial charge in [-0.1, -0.05) is 30.7 Å². The Hall–Kier alpha value is -2.34. The van der Waals surface area contributed by atoms with E-state index in [0.29, 0.717) is 24.1 Å². The maximum absolute atomic E-state index is 12.6. The first kappa shape index (κ1) is 17.5. The Morgan fingerprint density at radius 1 is 1.20 bits per heavy atom. The Morgan fingerprint density at radius 3 is 2.56 bits per heavy atom. The molecule has 1 saturated heterocycles. The molecule has 2 amide bonds. The van der Waals surface area contributed by atoms with Crippen LogP contribution >= 0.6 is 11.6 Å². The summed E-state index contributed by atoms with van der Waals surface area (Å²) < 4.78 is 0. The van der Waals surface area contributed by atoms with Crippen LogP contribution in [0, 0.1) is 0 Å². The van der Waals surface area contributed by atoms with Gasteiger partial charge < -0.3 is 15.1 Å². The first-order chi connectivity index (χ1) is 12.2. The molecule has 0 bridgehead atoms. The topological polar surface area (TPSA) is 61.4 Å². The van der Waals surface area contributed by atoms with E-state index in [2.05, 4.69) is 27.1 Å². The van der Waals surface area contributed by atoms with Crippen LogP contribution in [0.5, 0.6) is 0 Å². The van der Waals surface area contributed by atoms with Gasteiger partial charge in [-0.3, -0.25) is 0 Å². The number of urea groups is 1. The molecule has 1 fully saturated rings. The van der Waals surface area contributed by atoms with E-state index in [0.717, 1.165) is 25.1 Å². The van der Waals surface area contributed by atoms with Crippen LogP contribution < -0.4 is 10.2 Å². The van der Waals surface area contributed by atoms with Gasteiger partial charge in [0.25, 0.3) is 0 Å². The summed E-state index contributed by atoms with van der Waals surface area (Å²) in [5.74, 6) is 0.716. The molecule has 1 aromatic heterocycles. The molecule has 7 heteroatoms. The number of carbonyl (C=O) groups excluding carboxylic acids is 1. The molecule has 2 heterocycles. The summed E-state index contributed by atoms with van der Waals surface area (Å²) in [6.45, 7) is 4.81. The van der Waals surface area contributed by atoms with Crippen molar-refractivity contribution in [1.82, 2.24) is 20.2 Å². The van der Waals surface area contributed by atoms with Gasteiger partial charge in [0.05, 0.1) is 6.04 Å². The smallest absolute Gasteiger partial charge is 0.318 e. The second-order valence-corrected chi connectivity index (χ2v) is 6.42. The van der Waals surface area contributed by atoms with Crippen molar-refractivity contribution in [3.05, 3.63) is 53.3 Å². The number of anilines is 1. The number of hydrogen-bond donors (Lipinski definition) is 1. The van der Waals surface area contributed by atoms with Gasteiger partial charge in [0, 0.05) is 43.6 Å². The zero-order valence-electron chi connectivity index (χ0n) is 14.2. The van der Waals surface area contributed by atoms with Gasteiger partial charge in [0.2, 0.25) is 5.95 Å². The molecule has 25 heavy (non-hydrogen) atoms. The number of nitrogens with one attached hydrogen (secondary N) is 1. The molecule has 6 nitrogen and oxygen atoms in total. The van der Waals surface area contributed by atoms with Crippen molar-refractivity contribution >= 4 is 23.6 Å². The Kier molecular flexibility index (Phi) is 5.71. The quantitative estimate of drug-likeness (QED) is 0.911. The van der Waals surface area contributed by atoms with Crippen LogP contribution in [0.1, 0.15) is 24.9 Å². The fourth-order valence-electron chi connectivity index (χ4n) is 2.95.